The molecule has 0 atom stereocenters. The highest BCUT2D eigenvalue weighted by Crippen LogP contribution is 2.17. The quantitative estimate of drug-likeness (QED) is 0.653. The molecule has 1 aromatic heterocycles. The number of carbonyl (C=O) groups is 2. The molecule has 0 saturated heterocycles. The summed E-state index contributed by atoms with van der Waals surface area (Å²) in [6.07, 6.45) is 2.28. The second-order valence-electron chi connectivity index (χ2n) is 3.29. The maximum Gasteiger partial charge on any atom is 0.340 e. The van der Waals surface area contributed by atoms with E-state index in [0.29, 0.717) is 17.7 Å². The van der Waals surface area contributed by atoms with Gasteiger partial charge in [0.25, 0.3) is 0 Å². The molecule has 2 rings (SSSR count). The first kappa shape index (κ1) is 11.7. The number of esters is 1. The second kappa shape index (κ2) is 5.01. The van der Waals surface area contributed by atoms with Gasteiger partial charge in [-0.3, -0.25) is 9.79 Å². The molecule has 17 heavy (non-hydrogen) atoms. The molecule has 0 aliphatic carbocycles. The number of nitrogens with zero attached hydrogens (tertiary/aromatic N) is 1. The van der Waals surface area contributed by atoms with Crippen LogP contribution >= 0.6 is 11.8 Å². The molecule has 5 nitrogen and oxygen atoms in total. The van der Waals surface area contributed by atoms with Gasteiger partial charge < -0.3 is 9.72 Å². The fourth-order valence-corrected chi connectivity index (χ4v) is 2.10. The van der Waals surface area contributed by atoms with Crippen molar-refractivity contribution in [3.05, 3.63) is 34.6 Å². The number of nitrogens with one attached hydrogen (secondary N) is 1. The Kier molecular flexibility index (Phi) is 3.43. The van der Waals surface area contributed by atoms with E-state index >= 15 is 0 Å². The Balaban J connectivity index is 2.40. The van der Waals surface area contributed by atoms with Crippen LogP contribution in [0.3, 0.4) is 0 Å². The number of aromatic amines is 1. The monoisotopic (exact) mass is 250 g/mol. The lowest BCUT2D eigenvalue weighted by atomic mass is 10.2. The maximum absolute atomic E-state index is 11.4. The van der Waals surface area contributed by atoms with E-state index < -0.39 is 5.97 Å². The molecule has 0 radical (unpaired) electrons. The summed E-state index contributed by atoms with van der Waals surface area (Å²) in [6, 6.07) is 1.59. The molecule has 0 spiro atoms. The number of ether oxygens (including phenoxy) is 1. The lowest BCUT2D eigenvalue weighted by Crippen LogP contribution is -2.06. The Labute approximate surface area is 102 Å². The van der Waals surface area contributed by atoms with Crippen LogP contribution in [0.15, 0.2) is 22.7 Å². The first-order valence-electron chi connectivity index (χ1n) is 4.86. The third-order valence-electron chi connectivity index (χ3n) is 2.29. The Morgan fingerprint density at radius 2 is 2.47 bits per heavy atom. The Morgan fingerprint density at radius 3 is 3.06 bits per heavy atom. The highest BCUT2D eigenvalue weighted by atomic mass is 32.2. The van der Waals surface area contributed by atoms with Crippen molar-refractivity contribution >= 4 is 29.7 Å². The van der Waals surface area contributed by atoms with Crippen LogP contribution in [0.5, 0.6) is 0 Å². The standard InChI is InChI=1S/C11H10N2O3S/c1-16-11(15)7-4-8(13-9(7)5-14)10-6-17-3-2-12-10/h2-5,13H,6H2,1H3. The molecule has 0 fully saturated rings. The fourth-order valence-electron chi connectivity index (χ4n) is 1.47. The molecule has 1 aliphatic rings. The Morgan fingerprint density at radius 1 is 1.65 bits per heavy atom. The maximum atomic E-state index is 11.4. The number of aldehydes is 1. The van der Waals surface area contributed by atoms with Gasteiger partial charge in [0.2, 0.25) is 0 Å². The average molecular weight is 250 g/mol. The number of methoxy groups -OCH3 is 1. The molecule has 1 N–H and O–H groups in total. The van der Waals surface area contributed by atoms with Crippen LogP contribution in [0.2, 0.25) is 0 Å². The minimum Gasteiger partial charge on any atom is -0.465 e. The highest BCUT2D eigenvalue weighted by molar-refractivity contribution is 8.02. The summed E-state index contributed by atoms with van der Waals surface area (Å²) in [5, 5.41) is 1.88. The molecule has 6 heteroatoms. The van der Waals surface area contributed by atoms with E-state index in [1.165, 1.54) is 7.11 Å². The van der Waals surface area contributed by atoms with Crippen molar-refractivity contribution in [3.63, 3.8) is 0 Å². The van der Waals surface area contributed by atoms with Gasteiger partial charge in [-0.1, -0.05) is 0 Å². The third kappa shape index (κ3) is 2.31. The fraction of sp³-hybridized carbons (Fsp3) is 0.182. The van der Waals surface area contributed by atoms with Crippen LogP contribution < -0.4 is 0 Å². The van der Waals surface area contributed by atoms with Crippen molar-refractivity contribution in [1.29, 1.82) is 0 Å². The number of thioether (sulfide) groups is 1. The molecule has 0 saturated carbocycles. The summed E-state index contributed by atoms with van der Waals surface area (Å²) < 4.78 is 4.60. The number of H-pyrrole nitrogens is 1. The molecule has 88 valence electrons. The van der Waals surface area contributed by atoms with Gasteiger partial charge in [-0.2, -0.15) is 0 Å². The first-order chi connectivity index (χ1) is 8.26. The number of rotatable bonds is 3. The van der Waals surface area contributed by atoms with Crippen LogP contribution in [-0.2, 0) is 4.74 Å². The molecule has 0 bridgehead atoms. The molecule has 1 aliphatic heterocycles. The highest BCUT2D eigenvalue weighted by Gasteiger charge is 2.18. The van der Waals surface area contributed by atoms with Crippen LogP contribution in [0.25, 0.3) is 0 Å². The molecule has 0 aromatic carbocycles. The van der Waals surface area contributed by atoms with Gasteiger partial charge in [0, 0.05) is 12.0 Å². The van der Waals surface area contributed by atoms with E-state index in [0.717, 1.165) is 5.71 Å². The predicted octanol–water partition coefficient (Wildman–Crippen LogP) is 1.62. The van der Waals surface area contributed by atoms with Crippen molar-refractivity contribution in [3.8, 4) is 0 Å². The molecular formula is C11H10N2O3S. The Hall–Kier alpha value is -1.82. The van der Waals surface area contributed by atoms with Crippen LogP contribution in [0, 0.1) is 0 Å². The minimum atomic E-state index is -0.533. The van der Waals surface area contributed by atoms with E-state index in [1.807, 2.05) is 5.41 Å². The van der Waals surface area contributed by atoms with Gasteiger partial charge in [0.1, 0.15) is 0 Å². The van der Waals surface area contributed by atoms with E-state index in [-0.39, 0.29) is 11.3 Å². The average Bonchev–Trinajstić information content (AvgIpc) is 2.83. The lowest BCUT2D eigenvalue weighted by molar-refractivity contribution is 0.0598. The first-order valence-corrected chi connectivity index (χ1v) is 5.91. The molecule has 0 unspecified atom stereocenters. The normalized spacial score (nSPS) is 14.3. The molecule has 1 aromatic rings. The van der Waals surface area contributed by atoms with Gasteiger partial charge in [0.05, 0.1) is 29.8 Å². The van der Waals surface area contributed by atoms with Crippen molar-refractivity contribution < 1.29 is 14.3 Å². The molecule has 0 amide bonds. The Bertz CT molecular complexity index is 517. The smallest absolute Gasteiger partial charge is 0.340 e. The topological polar surface area (TPSA) is 71.5 Å². The van der Waals surface area contributed by atoms with Gasteiger partial charge in [0.15, 0.2) is 6.29 Å². The zero-order valence-electron chi connectivity index (χ0n) is 9.10. The van der Waals surface area contributed by atoms with Crippen molar-refractivity contribution in [1.82, 2.24) is 4.98 Å². The van der Waals surface area contributed by atoms with Gasteiger partial charge in [-0.15, -0.1) is 11.8 Å². The molecule has 2 heterocycles. The largest absolute Gasteiger partial charge is 0.465 e. The van der Waals surface area contributed by atoms with E-state index in [1.54, 1.807) is 24.0 Å². The van der Waals surface area contributed by atoms with Crippen LogP contribution in [0.4, 0.5) is 0 Å². The summed E-state index contributed by atoms with van der Waals surface area (Å²) in [7, 11) is 1.28. The number of aromatic nitrogens is 1. The number of carbonyl (C=O) groups excluding carboxylic acids is 2. The second-order valence-corrected chi connectivity index (χ2v) is 4.19. The zero-order chi connectivity index (χ0) is 12.3. The third-order valence-corrected chi connectivity index (χ3v) is 3.04. The lowest BCUT2D eigenvalue weighted by Gasteiger charge is -2.04. The summed E-state index contributed by atoms with van der Waals surface area (Å²) >= 11 is 1.60. The number of hydrogen-bond acceptors (Lipinski definition) is 5. The van der Waals surface area contributed by atoms with Crippen molar-refractivity contribution in [2.75, 3.05) is 12.9 Å². The van der Waals surface area contributed by atoms with Crippen molar-refractivity contribution in [2.45, 2.75) is 0 Å². The number of aliphatic imine (C=N–C) groups is 1. The van der Waals surface area contributed by atoms with Crippen LogP contribution in [-0.4, -0.2) is 35.8 Å². The summed E-state index contributed by atoms with van der Waals surface area (Å²) in [5.41, 5.74) is 1.92. The number of hydrogen-bond donors (Lipinski definition) is 1. The predicted molar refractivity (Wildman–Crippen MR) is 65.7 cm³/mol. The van der Waals surface area contributed by atoms with Crippen LogP contribution in [0.1, 0.15) is 26.5 Å². The van der Waals surface area contributed by atoms with Gasteiger partial charge in [-0.05, 0) is 11.5 Å². The SMILES string of the molecule is COC(=O)c1cc(C2=NC=CSC2)[nH]c1C=O. The van der Waals surface area contributed by atoms with E-state index in [4.69, 9.17) is 0 Å². The summed E-state index contributed by atoms with van der Waals surface area (Å²) in [5.74, 6) is 0.171. The summed E-state index contributed by atoms with van der Waals surface area (Å²) in [4.78, 5) is 29.3. The zero-order valence-corrected chi connectivity index (χ0v) is 9.91. The summed E-state index contributed by atoms with van der Waals surface area (Å²) in [6.45, 7) is 0. The van der Waals surface area contributed by atoms with Gasteiger partial charge >= 0.3 is 5.97 Å². The molecular weight excluding hydrogens is 240 g/mol. The van der Waals surface area contributed by atoms with Crippen molar-refractivity contribution in [2.24, 2.45) is 4.99 Å². The minimum absolute atomic E-state index is 0.217. The van der Waals surface area contributed by atoms with E-state index in [2.05, 4.69) is 14.7 Å². The van der Waals surface area contributed by atoms with E-state index in [9.17, 15) is 9.59 Å². The van der Waals surface area contributed by atoms with Gasteiger partial charge in [-0.25, -0.2) is 4.79 Å².